The minimum atomic E-state index is -0.331. The number of benzene rings is 2. The molecular formula is C16H11BrFNO. The topological polar surface area (TPSA) is 22.1 Å². The number of halogens is 2. The molecule has 0 fully saturated rings. The zero-order valence-electron chi connectivity index (χ0n) is 10.5. The van der Waals surface area contributed by atoms with Crippen LogP contribution >= 0.6 is 15.9 Å². The maximum Gasteiger partial charge on any atom is 0.141 e. The SMILES string of the molecule is Fc1cc(OCc2ccnc3ccccc23)ccc1Br. The van der Waals surface area contributed by atoms with Gasteiger partial charge in [-0.15, -0.1) is 0 Å². The molecule has 0 aliphatic heterocycles. The van der Waals surface area contributed by atoms with Crippen LogP contribution in [0.4, 0.5) is 4.39 Å². The van der Waals surface area contributed by atoms with Crippen LogP contribution in [0.25, 0.3) is 10.9 Å². The highest BCUT2D eigenvalue weighted by Crippen LogP contribution is 2.23. The maximum atomic E-state index is 13.4. The summed E-state index contributed by atoms with van der Waals surface area (Å²) in [6.07, 6.45) is 1.75. The van der Waals surface area contributed by atoms with Gasteiger partial charge in [-0.3, -0.25) is 4.98 Å². The van der Waals surface area contributed by atoms with E-state index in [0.717, 1.165) is 16.5 Å². The molecule has 2 aromatic carbocycles. The number of aromatic nitrogens is 1. The van der Waals surface area contributed by atoms with Crippen molar-refractivity contribution in [3.63, 3.8) is 0 Å². The Labute approximate surface area is 124 Å². The molecule has 4 heteroatoms. The van der Waals surface area contributed by atoms with Crippen molar-refractivity contribution >= 4 is 26.8 Å². The van der Waals surface area contributed by atoms with Gasteiger partial charge in [0.1, 0.15) is 18.2 Å². The fourth-order valence-corrected chi connectivity index (χ4v) is 2.26. The van der Waals surface area contributed by atoms with Crippen molar-refractivity contribution in [1.29, 1.82) is 0 Å². The first kappa shape index (κ1) is 13.1. The minimum absolute atomic E-state index is 0.331. The summed E-state index contributed by atoms with van der Waals surface area (Å²) in [5.74, 6) is 0.175. The highest BCUT2D eigenvalue weighted by molar-refractivity contribution is 9.10. The van der Waals surface area contributed by atoms with Gasteiger partial charge in [0.15, 0.2) is 0 Å². The van der Waals surface area contributed by atoms with Crippen LogP contribution in [0.1, 0.15) is 5.56 Å². The number of para-hydroxylation sites is 1. The molecule has 0 saturated carbocycles. The molecule has 2 nitrogen and oxygen atoms in total. The smallest absolute Gasteiger partial charge is 0.141 e. The van der Waals surface area contributed by atoms with E-state index in [2.05, 4.69) is 20.9 Å². The van der Waals surface area contributed by atoms with Gasteiger partial charge in [0.25, 0.3) is 0 Å². The normalized spacial score (nSPS) is 10.7. The van der Waals surface area contributed by atoms with E-state index in [4.69, 9.17) is 4.74 Å². The summed E-state index contributed by atoms with van der Waals surface area (Å²) in [5.41, 5.74) is 1.95. The Balaban J connectivity index is 1.85. The van der Waals surface area contributed by atoms with Gasteiger partial charge in [-0.25, -0.2) is 4.39 Å². The summed E-state index contributed by atoms with van der Waals surface area (Å²) in [5, 5.41) is 1.05. The third-order valence-corrected chi connectivity index (χ3v) is 3.67. The van der Waals surface area contributed by atoms with E-state index in [9.17, 15) is 4.39 Å². The molecule has 20 heavy (non-hydrogen) atoms. The Morgan fingerprint density at radius 2 is 1.95 bits per heavy atom. The second kappa shape index (κ2) is 5.59. The number of fused-ring (bicyclic) bond motifs is 1. The molecule has 0 radical (unpaired) electrons. The summed E-state index contributed by atoms with van der Waals surface area (Å²) >= 11 is 3.12. The van der Waals surface area contributed by atoms with E-state index in [0.29, 0.717) is 16.8 Å². The summed E-state index contributed by atoms with van der Waals surface area (Å²) < 4.78 is 19.5. The Hall–Kier alpha value is -1.94. The highest BCUT2D eigenvalue weighted by Gasteiger charge is 2.04. The van der Waals surface area contributed by atoms with Gasteiger partial charge >= 0.3 is 0 Å². The van der Waals surface area contributed by atoms with Crippen LogP contribution in [0.2, 0.25) is 0 Å². The van der Waals surface area contributed by atoms with E-state index >= 15 is 0 Å². The maximum absolute atomic E-state index is 13.4. The van der Waals surface area contributed by atoms with Gasteiger partial charge < -0.3 is 4.74 Å². The molecule has 0 saturated heterocycles. The van der Waals surface area contributed by atoms with Crippen molar-refractivity contribution in [1.82, 2.24) is 4.98 Å². The van der Waals surface area contributed by atoms with Crippen molar-refractivity contribution in [2.24, 2.45) is 0 Å². The monoisotopic (exact) mass is 331 g/mol. The van der Waals surface area contributed by atoms with Gasteiger partial charge in [-0.1, -0.05) is 18.2 Å². The van der Waals surface area contributed by atoms with E-state index in [1.807, 2.05) is 30.3 Å². The molecule has 3 aromatic rings. The summed E-state index contributed by atoms with van der Waals surface area (Å²) in [6.45, 7) is 0.379. The minimum Gasteiger partial charge on any atom is -0.489 e. The Kier molecular flexibility index (Phi) is 3.65. The van der Waals surface area contributed by atoms with Gasteiger partial charge in [-0.2, -0.15) is 0 Å². The van der Waals surface area contributed by atoms with Crippen molar-refractivity contribution < 1.29 is 9.13 Å². The fourth-order valence-electron chi connectivity index (χ4n) is 2.01. The van der Waals surface area contributed by atoms with E-state index in [-0.39, 0.29) is 5.82 Å². The Morgan fingerprint density at radius 1 is 1.10 bits per heavy atom. The molecule has 0 bridgehead atoms. The Bertz CT molecular complexity index is 755. The number of pyridine rings is 1. The molecule has 1 aromatic heterocycles. The standard InChI is InChI=1S/C16H11BrFNO/c17-14-6-5-12(9-15(14)18)20-10-11-7-8-19-16-4-2-1-3-13(11)16/h1-9H,10H2. The first-order valence-corrected chi connectivity index (χ1v) is 6.94. The van der Waals surface area contributed by atoms with Crippen LogP contribution in [0.15, 0.2) is 59.2 Å². The Morgan fingerprint density at radius 3 is 2.80 bits per heavy atom. The summed E-state index contributed by atoms with van der Waals surface area (Å²) in [6, 6.07) is 14.5. The summed E-state index contributed by atoms with van der Waals surface area (Å²) in [4.78, 5) is 4.30. The molecule has 0 N–H and O–H groups in total. The van der Waals surface area contributed by atoms with Crippen LogP contribution < -0.4 is 4.74 Å². The quantitative estimate of drug-likeness (QED) is 0.693. The van der Waals surface area contributed by atoms with Gasteiger partial charge in [0, 0.05) is 23.2 Å². The molecule has 0 atom stereocenters. The van der Waals surface area contributed by atoms with Crippen LogP contribution in [0.3, 0.4) is 0 Å². The lowest BCUT2D eigenvalue weighted by molar-refractivity contribution is 0.306. The van der Waals surface area contributed by atoms with Crippen LogP contribution in [0.5, 0.6) is 5.75 Å². The second-order valence-electron chi connectivity index (χ2n) is 4.35. The fraction of sp³-hybridized carbons (Fsp3) is 0.0625. The van der Waals surface area contributed by atoms with Crippen LogP contribution in [0, 0.1) is 5.82 Å². The number of nitrogens with zero attached hydrogens (tertiary/aromatic N) is 1. The third-order valence-electron chi connectivity index (χ3n) is 3.02. The second-order valence-corrected chi connectivity index (χ2v) is 5.21. The van der Waals surface area contributed by atoms with Crippen molar-refractivity contribution in [2.45, 2.75) is 6.61 Å². The summed E-state index contributed by atoms with van der Waals surface area (Å²) in [7, 11) is 0. The molecular weight excluding hydrogens is 321 g/mol. The number of hydrogen-bond donors (Lipinski definition) is 0. The first-order valence-electron chi connectivity index (χ1n) is 6.14. The lowest BCUT2D eigenvalue weighted by atomic mass is 10.1. The molecule has 0 spiro atoms. The van der Waals surface area contributed by atoms with Gasteiger partial charge in [0.2, 0.25) is 0 Å². The predicted octanol–water partition coefficient (Wildman–Crippen LogP) is 4.72. The number of hydrogen-bond acceptors (Lipinski definition) is 2. The average molecular weight is 332 g/mol. The molecule has 0 aliphatic rings. The van der Waals surface area contributed by atoms with Crippen LogP contribution in [-0.2, 0) is 6.61 Å². The molecule has 0 amide bonds. The van der Waals surface area contributed by atoms with E-state index < -0.39 is 0 Å². The van der Waals surface area contributed by atoms with E-state index in [1.54, 1.807) is 18.3 Å². The molecule has 3 rings (SSSR count). The number of rotatable bonds is 3. The zero-order valence-corrected chi connectivity index (χ0v) is 12.1. The van der Waals surface area contributed by atoms with Crippen molar-refractivity contribution in [2.75, 3.05) is 0 Å². The van der Waals surface area contributed by atoms with Crippen LogP contribution in [-0.4, -0.2) is 4.98 Å². The third kappa shape index (κ3) is 2.65. The van der Waals surface area contributed by atoms with Gasteiger partial charge in [0.05, 0.1) is 9.99 Å². The molecule has 1 heterocycles. The average Bonchev–Trinajstić information content (AvgIpc) is 2.48. The van der Waals surface area contributed by atoms with E-state index in [1.165, 1.54) is 6.07 Å². The molecule has 0 aliphatic carbocycles. The van der Waals surface area contributed by atoms with Gasteiger partial charge in [-0.05, 0) is 40.2 Å². The van der Waals surface area contributed by atoms with Crippen molar-refractivity contribution in [3.8, 4) is 5.75 Å². The largest absolute Gasteiger partial charge is 0.489 e. The predicted molar refractivity (Wildman–Crippen MR) is 80.2 cm³/mol. The molecule has 0 unspecified atom stereocenters. The lowest BCUT2D eigenvalue weighted by Gasteiger charge is -2.09. The first-order chi connectivity index (χ1) is 9.74. The van der Waals surface area contributed by atoms with Crippen molar-refractivity contribution in [3.05, 3.63) is 70.6 Å². The number of ether oxygens (including phenoxy) is 1. The molecule has 100 valence electrons. The lowest BCUT2D eigenvalue weighted by Crippen LogP contribution is -1.97. The highest BCUT2D eigenvalue weighted by atomic mass is 79.9. The zero-order chi connectivity index (χ0) is 13.9.